The highest BCUT2D eigenvalue weighted by atomic mass is 16.5. The molecule has 0 saturated carbocycles. The lowest BCUT2D eigenvalue weighted by molar-refractivity contribution is 0.206. The van der Waals surface area contributed by atoms with Crippen molar-refractivity contribution >= 4 is 6.03 Å². The molecule has 0 fully saturated rings. The molecule has 0 saturated heterocycles. The Kier molecular flexibility index (Phi) is 7.14. The molecule has 0 radical (unpaired) electrons. The summed E-state index contributed by atoms with van der Waals surface area (Å²) in [6.45, 7) is 1.00. The van der Waals surface area contributed by atoms with E-state index in [0.717, 1.165) is 24.2 Å². The standard InChI is InChI=1S/C20H26N2O4/c1-22(14-16-8-11-19(26-3)18(23)13-16)20(24)21-12-4-5-15-6-9-17(25-2)10-7-15/h6-11,13,23H,4-5,12,14H2,1-3H3,(H,21,24). The number of urea groups is 1. The molecule has 6 nitrogen and oxygen atoms in total. The first-order valence-corrected chi connectivity index (χ1v) is 8.51. The monoisotopic (exact) mass is 358 g/mol. The van der Waals surface area contributed by atoms with Crippen molar-refractivity contribution in [2.45, 2.75) is 19.4 Å². The number of phenols is 1. The van der Waals surface area contributed by atoms with Crippen molar-refractivity contribution in [1.82, 2.24) is 10.2 Å². The van der Waals surface area contributed by atoms with E-state index in [-0.39, 0.29) is 11.8 Å². The molecule has 0 aromatic heterocycles. The van der Waals surface area contributed by atoms with Gasteiger partial charge in [-0.25, -0.2) is 4.79 Å². The Labute approximate surface area is 154 Å². The van der Waals surface area contributed by atoms with Crippen molar-refractivity contribution in [3.8, 4) is 17.2 Å². The summed E-state index contributed by atoms with van der Waals surface area (Å²) in [6.07, 6.45) is 1.75. The SMILES string of the molecule is COc1ccc(CCCNC(=O)N(C)Cc2ccc(OC)c(O)c2)cc1. The summed E-state index contributed by atoms with van der Waals surface area (Å²) in [6, 6.07) is 12.9. The first kappa shape index (κ1) is 19.4. The molecule has 2 N–H and O–H groups in total. The molecule has 0 aliphatic carbocycles. The number of benzene rings is 2. The van der Waals surface area contributed by atoms with Gasteiger partial charge in [-0.2, -0.15) is 0 Å². The zero-order valence-corrected chi connectivity index (χ0v) is 15.5. The minimum Gasteiger partial charge on any atom is -0.504 e. The van der Waals surface area contributed by atoms with E-state index in [1.807, 2.05) is 30.3 Å². The first-order chi connectivity index (χ1) is 12.5. The molecule has 6 heteroatoms. The van der Waals surface area contributed by atoms with Crippen molar-refractivity contribution in [3.63, 3.8) is 0 Å². The van der Waals surface area contributed by atoms with E-state index in [9.17, 15) is 9.90 Å². The quantitative estimate of drug-likeness (QED) is 0.711. The van der Waals surface area contributed by atoms with Crippen LogP contribution in [0.1, 0.15) is 17.5 Å². The maximum absolute atomic E-state index is 12.2. The van der Waals surface area contributed by atoms with Gasteiger partial charge in [0.05, 0.1) is 14.2 Å². The summed E-state index contributed by atoms with van der Waals surface area (Å²) >= 11 is 0. The number of methoxy groups -OCH3 is 2. The van der Waals surface area contributed by atoms with Crippen LogP contribution >= 0.6 is 0 Å². The molecular formula is C20H26N2O4. The second-order valence-electron chi connectivity index (χ2n) is 6.05. The normalized spacial score (nSPS) is 10.3. The van der Waals surface area contributed by atoms with Crippen LogP contribution in [0.4, 0.5) is 4.79 Å². The zero-order chi connectivity index (χ0) is 18.9. The molecule has 0 aliphatic rings. The molecule has 0 unspecified atom stereocenters. The molecule has 26 heavy (non-hydrogen) atoms. The number of ether oxygens (including phenoxy) is 2. The fourth-order valence-corrected chi connectivity index (χ4v) is 2.59. The van der Waals surface area contributed by atoms with E-state index in [0.29, 0.717) is 18.8 Å². The van der Waals surface area contributed by atoms with Gasteiger partial charge in [0.2, 0.25) is 0 Å². The Morgan fingerprint density at radius 2 is 1.77 bits per heavy atom. The van der Waals surface area contributed by atoms with Crippen LogP contribution in [0.3, 0.4) is 0 Å². The number of nitrogens with zero attached hydrogens (tertiary/aromatic N) is 1. The highest BCUT2D eigenvalue weighted by Crippen LogP contribution is 2.26. The number of hydrogen-bond acceptors (Lipinski definition) is 4. The van der Waals surface area contributed by atoms with Crippen LogP contribution in [0.2, 0.25) is 0 Å². The van der Waals surface area contributed by atoms with E-state index in [2.05, 4.69) is 5.32 Å². The Bertz CT molecular complexity index is 716. The van der Waals surface area contributed by atoms with Crippen LogP contribution in [-0.4, -0.2) is 43.8 Å². The Morgan fingerprint density at radius 3 is 2.38 bits per heavy atom. The number of phenolic OH excluding ortho intramolecular Hbond substituents is 1. The number of hydrogen-bond donors (Lipinski definition) is 2. The fourth-order valence-electron chi connectivity index (χ4n) is 2.59. The van der Waals surface area contributed by atoms with Gasteiger partial charge < -0.3 is 24.8 Å². The van der Waals surface area contributed by atoms with E-state index in [1.165, 1.54) is 12.7 Å². The third kappa shape index (κ3) is 5.58. The highest BCUT2D eigenvalue weighted by Gasteiger charge is 2.10. The van der Waals surface area contributed by atoms with Crippen LogP contribution in [0, 0.1) is 0 Å². The first-order valence-electron chi connectivity index (χ1n) is 8.51. The van der Waals surface area contributed by atoms with Gasteiger partial charge in [-0.15, -0.1) is 0 Å². The van der Waals surface area contributed by atoms with E-state index < -0.39 is 0 Å². The number of rotatable bonds is 8. The van der Waals surface area contributed by atoms with Crippen LogP contribution < -0.4 is 14.8 Å². The molecule has 0 atom stereocenters. The number of carbonyl (C=O) groups excluding carboxylic acids is 1. The maximum atomic E-state index is 12.2. The van der Waals surface area contributed by atoms with Gasteiger partial charge >= 0.3 is 6.03 Å². The lowest BCUT2D eigenvalue weighted by Gasteiger charge is -2.18. The van der Waals surface area contributed by atoms with Crippen molar-refractivity contribution in [3.05, 3.63) is 53.6 Å². The molecule has 0 bridgehead atoms. The van der Waals surface area contributed by atoms with Crippen molar-refractivity contribution in [1.29, 1.82) is 0 Å². The summed E-state index contributed by atoms with van der Waals surface area (Å²) < 4.78 is 10.2. The number of aryl methyl sites for hydroxylation is 1. The molecule has 2 aromatic rings. The number of aromatic hydroxyl groups is 1. The van der Waals surface area contributed by atoms with Gasteiger partial charge in [-0.1, -0.05) is 18.2 Å². The van der Waals surface area contributed by atoms with Crippen LogP contribution in [0.25, 0.3) is 0 Å². The molecular weight excluding hydrogens is 332 g/mol. The average Bonchev–Trinajstić information content (AvgIpc) is 2.65. The van der Waals surface area contributed by atoms with Gasteiger partial charge in [-0.05, 0) is 48.2 Å². The largest absolute Gasteiger partial charge is 0.504 e. The van der Waals surface area contributed by atoms with Crippen molar-refractivity contribution < 1.29 is 19.4 Å². The maximum Gasteiger partial charge on any atom is 0.317 e. The Morgan fingerprint density at radius 1 is 1.08 bits per heavy atom. The summed E-state index contributed by atoms with van der Waals surface area (Å²) in [5.41, 5.74) is 2.04. The minimum atomic E-state index is -0.143. The number of carbonyl (C=O) groups is 1. The molecule has 0 heterocycles. The van der Waals surface area contributed by atoms with Crippen LogP contribution in [0.5, 0.6) is 17.2 Å². The van der Waals surface area contributed by atoms with Crippen LogP contribution in [-0.2, 0) is 13.0 Å². The van der Waals surface area contributed by atoms with E-state index in [4.69, 9.17) is 9.47 Å². The molecule has 2 rings (SSSR count). The van der Waals surface area contributed by atoms with Crippen LogP contribution in [0.15, 0.2) is 42.5 Å². The summed E-state index contributed by atoms with van der Waals surface area (Å²) in [4.78, 5) is 13.7. The zero-order valence-electron chi connectivity index (χ0n) is 15.5. The van der Waals surface area contributed by atoms with E-state index in [1.54, 1.807) is 31.2 Å². The predicted molar refractivity (Wildman–Crippen MR) is 101 cm³/mol. The number of nitrogens with one attached hydrogen (secondary N) is 1. The molecule has 2 amide bonds. The number of amides is 2. The Balaban J connectivity index is 1.73. The molecule has 0 spiro atoms. The molecule has 2 aromatic carbocycles. The minimum absolute atomic E-state index is 0.0679. The van der Waals surface area contributed by atoms with Crippen molar-refractivity contribution in [2.24, 2.45) is 0 Å². The second-order valence-corrected chi connectivity index (χ2v) is 6.05. The molecule has 140 valence electrons. The Hall–Kier alpha value is -2.89. The van der Waals surface area contributed by atoms with Gasteiger partial charge in [0, 0.05) is 20.1 Å². The van der Waals surface area contributed by atoms with Gasteiger partial charge in [0.1, 0.15) is 5.75 Å². The van der Waals surface area contributed by atoms with Crippen molar-refractivity contribution in [2.75, 3.05) is 27.8 Å². The topological polar surface area (TPSA) is 71.0 Å². The summed E-state index contributed by atoms with van der Waals surface area (Å²) in [7, 11) is 4.87. The molecule has 0 aliphatic heterocycles. The lowest BCUT2D eigenvalue weighted by atomic mass is 10.1. The third-order valence-electron chi connectivity index (χ3n) is 4.09. The average molecular weight is 358 g/mol. The van der Waals surface area contributed by atoms with Gasteiger partial charge in [0.15, 0.2) is 11.5 Å². The summed E-state index contributed by atoms with van der Waals surface area (Å²) in [5.74, 6) is 1.32. The van der Waals surface area contributed by atoms with Gasteiger partial charge in [0.25, 0.3) is 0 Å². The highest BCUT2D eigenvalue weighted by molar-refractivity contribution is 5.73. The van der Waals surface area contributed by atoms with Gasteiger partial charge in [-0.3, -0.25) is 0 Å². The summed E-state index contributed by atoms with van der Waals surface area (Å²) in [5, 5.41) is 12.7. The second kappa shape index (κ2) is 9.56. The fraction of sp³-hybridized carbons (Fsp3) is 0.350. The smallest absolute Gasteiger partial charge is 0.317 e. The van der Waals surface area contributed by atoms with E-state index >= 15 is 0 Å². The predicted octanol–water partition coefficient (Wildman–Crippen LogP) is 3.18. The third-order valence-corrected chi connectivity index (χ3v) is 4.09. The lowest BCUT2D eigenvalue weighted by Crippen LogP contribution is -2.37.